The lowest BCUT2D eigenvalue weighted by Gasteiger charge is -2.38. The van der Waals surface area contributed by atoms with Crippen LogP contribution in [0.1, 0.15) is 93.2 Å². The van der Waals surface area contributed by atoms with Crippen LogP contribution in [0.4, 0.5) is 5.69 Å². The molecule has 8 rings (SSSR count). The zero-order valence-electron chi connectivity index (χ0n) is 32.7. The molecule has 4 aromatic rings. The summed E-state index contributed by atoms with van der Waals surface area (Å²) in [5, 5.41) is 52.3. The monoisotopic (exact) mass is 814 g/mol. The molecule has 0 amide bonds. The number of aromatic hydroxyl groups is 2. The van der Waals surface area contributed by atoms with Gasteiger partial charge < -0.3 is 35.2 Å². The van der Waals surface area contributed by atoms with Crippen molar-refractivity contribution in [1.29, 1.82) is 0 Å². The average molecular weight is 815 g/mol. The molecule has 6 N–H and O–H groups in total. The van der Waals surface area contributed by atoms with Crippen molar-refractivity contribution >= 4 is 49.6 Å². The fraction of sp³-hybridized carbons (Fsp3) is 0.467. The molecule has 4 aliphatic rings. The molecular weight excluding hydrogens is 761 g/mol. The van der Waals surface area contributed by atoms with Gasteiger partial charge in [0.1, 0.15) is 23.5 Å². The Bertz CT molecular complexity index is 2070. The summed E-state index contributed by atoms with van der Waals surface area (Å²) in [6.07, 6.45) is 5.55. The van der Waals surface area contributed by atoms with Gasteiger partial charge in [0.05, 0.1) is 32.5 Å². The number of phenolic OH excluding ortho intramolecular Hbond substituents is 2. The smallest absolute Gasteiger partial charge is 0.168 e. The summed E-state index contributed by atoms with van der Waals surface area (Å²) in [7, 11) is 4.88. The Balaban J connectivity index is 1.23. The molecule has 0 aromatic heterocycles. The summed E-state index contributed by atoms with van der Waals surface area (Å²) in [5.41, 5.74) is 5.61. The van der Waals surface area contributed by atoms with Gasteiger partial charge in [-0.05, 0) is 115 Å². The second-order valence-corrected chi connectivity index (χ2v) is 18.4. The highest BCUT2D eigenvalue weighted by Gasteiger charge is 2.37. The average Bonchev–Trinajstić information content (AvgIpc) is 3.72. The van der Waals surface area contributed by atoms with Crippen LogP contribution in [0.3, 0.4) is 0 Å². The Morgan fingerprint density at radius 3 is 2.54 bits per heavy atom. The standard InChI is InChI=1S/C45H54N2O8S2/c1-26(49)23-46-38-16-10-30(19-31(38)24-48)45(47-32-5-3-4-6-32)55-41-22-34(51)14-8-28-11-17-39(52)44(54-2)43(28)35-15-9-27-7-13-33(50)21-36(27)37(35)25-56-57-42-18-12-29(41)20-40(42)53/h7,9-11,13,15-17,19,21,29,32,40-42,45-48,50,52-53H,3-6,8,12,14,18,20,22-25H2,1-2H3. The van der Waals surface area contributed by atoms with E-state index in [4.69, 9.17) is 9.47 Å². The second kappa shape index (κ2) is 18.9. The minimum absolute atomic E-state index is 0.00249. The number of aryl methyl sites for hydroxylation is 1. The van der Waals surface area contributed by atoms with Crippen molar-refractivity contribution in [2.75, 3.05) is 19.0 Å². The Morgan fingerprint density at radius 2 is 1.79 bits per heavy atom. The third-order valence-electron chi connectivity index (χ3n) is 11.8. The lowest BCUT2D eigenvalue weighted by Crippen LogP contribution is -2.41. The fourth-order valence-electron chi connectivity index (χ4n) is 8.78. The van der Waals surface area contributed by atoms with Crippen molar-refractivity contribution < 1.29 is 39.5 Å². The van der Waals surface area contributed by atoms with Gasteiger partial charge in [0, 0.05) is 46.7 Å². The van der Waals surface area contributed by atoms with Crippen LogP contribution >= 0.6 is 21.6 Å². The van der Waals surface area contributed by atoms with Crippen LogP contribution in [-0.2, 0) is 33.1 Å². The van der Waals surface area contributed by atoms with E-state index in [9.17, 15) is 30.0 Å². The molecule has 0 saturated heterocycles. The summed E-state index contributed by atoms with van der Waals surface area (Å²) < 4.78 is 12.9. The minimum atomic E-state index is -0.599. The Hall–Kier alpha value is -3.78. The van der Waals surface area contributed by atoms with Crippen molar-refractivity contribution in [2.24, 2.45) is 5.92 Å². The van der Waals surface area contributed by atoms with Crippen LogP contribution < -0.4 is 15.4 Å². The van der Waals surface area contributed by atoms with Crippen LogP contribution in [0.25, 0.3) is 21.9 Å². The molecule has 57 heavy (non-hydrogen) atoms. The van der Waals surface area contributed by atoms with Gasteiger partial charge in [-0.3, -0.25) is 14.9 Å². The number of hydrogen-bond acceptors (Lipinski definition) is 12. The number of nitrogens with one attached hydrogen (secondary N) is 2. The first-order valence-electron chi connectivity index (χ1n) is 20.1. The molecule has 5 atom stereocenters. The molecule has 10 nitrogen and oxygen atoms in total. The van der Waals surface area contributed by atoms with Gasteiger partial charge in [-0.2, -0.15) is 0 Å². The summed E-state index contributed by atoms with van der Waals surface area (Å²) >= 11 is 0. The summed E-state index contributed by atoms with van der Waals surface area (Å²) in [6.45, 7) is 1.46. The number of carbonyl (C=O) groups excluding carboxylic acids is 2. The molecule has 0 spiro atoms. The van der Waals surface area contributed by atoms with Gasteiger partial charge in [0.2, 0.25) is 0 Å². The molecular formula is C45H54N2O8S2. The molecule has 2 saturated carbocycles. The van der Waals surface area contributed by atoms with Gasteiger partial charge in [0.25, 0.3) is 0 Å². The highest BCUT2D eigenvalue weighted by molar-refractivity contribution is 8.76. The number of Topliss-reactive ketones (excluding diaryl/α,β-unsaturated/α-hetero) is 2. The number of anilines is 1. The number of aliphatic hydroxyl groups is 2. The number of fused-ring (bicyclic) bond motifs is 9. The number of ketones is 2. The third-order valence-corrected chi connectivity index (χ3v) is 14.7. The molecule has 2 aliphatic heterocycles. The molecule has 2 bridgehead atoms. The number of ether oxygens (including phenoxy) is 2. The topological polar surface area (TPSA) is 158 Å². The van der Waals surface area contributed by atoms with E-state index in [1.54, 1.807) is 39.8 Å². The first-order chi connectivity index (χ1) is 27.6. The lowest BCUT2D eigenvalue weighted by atomic mass is 9.81. The minimum Gasteiger partial charge on any atom is -0.508 e. The zero-order valence-corrected chi connectivity index (χ0v) is 34.3. The maximum absolute atomic E-state index is 14.2. The Labute approximate surface area is 342 Å². The maximum atomic E-state index is 14.2. The summed E-state index contributed by atoms with van der Waals surface area (Å²) in [6, 6.07) is 18.8. The molecule has 2 fully saturated rings. The van der Waals surface area contributed by atoms with Crippen molar-refractivity contribution in [3.8, 4) is 28.4 Å². The third kappa shape index (κ3) is 9.75. The number of rotatable bonds is 10. The normalized spacial score (nSPS) is 22.6. The maximum Gasteiger partial charge on any atom is 0.168 e. The van der Waals surface area contributed by atoms with E-state index >= 15 is 0 Å². The quantitative estimate of drug-likeness (QED) is 0.0673. The van der Waals surface area contributed by atoms with Crippen LogP contribution in [0.15, 0.2) is 60.7 Å². The van der Waals surface area contributed by atoms with Gasteiger partial charge in [0.15, 0.2) is 11.5 Å². The van der Waals surface area contributed by atoms with Crippen molar-refractivity contribution in [3.05, 3.63) is 82.9 Å². The number of aliphatic hydroxyl groups excluding tert-OH is 2. The number of benzene rings is 4. The van der Waals surface area contributed by atoms with Crippen molar-refractivity contribution in [1.82, 2.24) is 5.32 Å². The lowest BCUT2D eigenvalue weighted by molar-refractivity contribution is -0.129. The predicted octanol–water partition coefficient (Wildman–Crippen LogP) is 8.35. The fourth-order valence-corrected chi connectivity index (χ4v) is 11.7. The highest BCUT2D eigenvalue weighted by atomic mass is 33.1. The summed E-state index contributed by atoms with van der Waals surface area (Å²) in [4.78, 5) is 25.9. The van der Waals surface area contributed by atoms with Gasteiger partial charge in [-0.1, -0.05) is 64.8 Å². The SMILES string of the molecule is COc1c(O)ccc2c1-c1ccc3ccc(O)cc3c1CSSC1CCC(CC1O)C(OC(NC1CCCC1)c1ccc(NCC(C)=O)c(CO)c1)CC(=O)CC2. The number of phenols is 2. The van der Waals surface area contributed by atoms with Crippen LogP contribution in [-0.4, -0.2) is 69.1 Å². The second-order valence-electron chi connectivity index (χ2n) is 15.8. The predicted molar refractivity (Wildman–Crippen MR) is 228 cm³/mol. The van der Waals surface area contributed by atoms with Crippen molar-refractivity contribution in [2.45, 2.75) is 113 Å². The first kappa shape index (κ1) is 41.4. The molecule has 12 heteroatoms. The summed E-state index contributed by atoms with van der Waals surface area (Å²) in [5.74, 6) is 1.04. The molecule has 2 aliphatic carbocycles. The molecule has 0 radical (unpaired) electrons. The Morgan fingerprint density at radius 1 is 0.982 bits per heavy atom. The van der Waals surface area contributed by atoms with E-state index in [1.807, 2.05) is 42.5 Å². The van der Waals surface area contributed by atoms with Crippen molar-refractivity contribution in [3.63, 3.8) is 0 Å². The number of carbonyl (C=O) groups is 2. The van der Waals surface area contributed by atoms with E-state index in [0.29, 0.717) is 35.6 Å². The van der Waals surface area contributed by atoms with Crippen LogP contribution in [0.5, 0.6) is 17.2 Å². The van der Waals surface area contributed by atoms with E-state index < -0.39 is 18.4 Å². The van der Waals surface area contributed by atoms with Gasteiger partial charge in [-0.15, -0.1) is 0 Å². The van der Waals surface area contributed by atoms with E-state index in [2.05, 4.69) is 10.6 Å². The molecule has 4 aromatic carbocycles. The largest absolute Gasteiger partial charge is 0.508 e. The van der Waals surface area contributed by atoms with E-state index in [-0.39, 0.29) is 66.3 Å². The highest BCUT2D eigenvalue weighted by Crippen LogP contribution is 2.48. The van der Waals surface area contributed by atoms with Gasteiger partial charge >= 0.3 is 0 Å². The molecule has 5 unspecified atom stereocenters. The van der Waals surface area contributed by atoms with Gasteiger partial charge in [-0.25, -0.2) is 0 Å². The number of hydrogen-bond donors (Lipinski definition) is 6. The number of methoxy groups -OCH3 is 1. The van der Waals surface area contributed by atoms with E-state index in [1.165, 1.54) is 14.0 Å². The first-order valence-corrected chi connectivity index (χ1v) is 22.5. The van der Waals surface area contributed by atoms with E-state index in [0.717, 1.165) is 77.1 Å². The zero-order chi connectivity index (χ0) is 40.1. The van der Waals surface area contributed by atoms with Crippen LogP contribution in [0.2, 0.25) is 0 Å². The molecule has 304 valence electrons. The molecule has 2 heterocycles. The Kier molecular flexibility index (Phi) is 13.7. The van der Waals surface area contributed by atoms with Crippen LogP contribution in [0, 0.1) is 5.92 Å².